The second kappa shape index (κ2) is 7.47. The fraction of sp³-hybridized carbons (Fsp3) is 0.462. The molecule has 17 heavy (non-hydrogen) atoms. The van der Waals surface area contributed by atoms with Crippen LogP contribution in [0, 0.1) is 6.92 Å². The number of aliphatic hydroxyl groups is 1. The van der Waals surface area contributed by atoms with E-state index >= 15 is 0 Å². The van der Waals surface area contributed by atoms with Crippen LogP contribution in [0.5, 0.6) is 0 Å². The molecule has 0 spiro atoms. The first-order valence-electron chi connectivity index (χ1n) is 5.79. The van der Waals surface area contributed by atoms with Crippen LogP contribution in [0.4, 0.5) is 5.69 Å². The molecule has 88 valence electrons. The van der Waals surface area contributed by atoms with Crippen molar-refractivity contribution in [3.05, 3.63) is 37.3 Å². The molecule has 1 saturated heterocycles. The summed E-state index contributed by atoms with van der Waals surface area (Å²) >= 11 is 0. The number of β-amino-alcohol motifs (C(OH)–C–C–N with tert-alkyl or cyclic N) is 1. The summed E-state index contributed by atoms with van der Waals surface area (Å²) in [4.78, 5) is 4.64. The molecule has 1 atom stereocenters. The van der Waals surface area contributed by atoms with Crippen molar-refractivity contribution in [2.24, 2.45) is 0 Å². The largest absolute Gasteiger partial charge is 3.00 e. The Morgan fingerprint density at radius 1 is 1.12 bits per heavy atom. The topological polar surface area (TPSA) is 26.7 Å². The Hall–Kier alpha value is 0.0439. The van der Waals surface area contributed by atoms with Crippen LogP contribution in [-0.4, -0.2) is 48.8 Å². The summed E-state index contributed by atoms with van der Waals surface area (Å²) in [5.74, 6) is 0. The Balaban J connectivity index is 0.00000144. The Morgan fingerprint density at radius 3 is 2.24 bits per heavy atom. The molecular formula is C13H19N2OY+2. The fourth-order valence-corrected chi connectivity index (χ4v) is 2.13. The van der Waals surface area contributed by atoms with Gasteiger partial charge in [-0.3, -0.25) is 4.90 Å². The molecule has 0 bridgehead atoms. The second-order valence-corrected chi connectivity index (χ2v) is 4.28. The summed E-state index contributed by atoms with van der Waals surface area (Å²) < 4.78 is 0. The van der Waals surface area contributed by atoms with Gasteiger partial charge in [0.25, 0.3) is 0 Å². The number of piperazine rings is 1. The zero-order valence-electron chi connectivity index (χ0n) is 10.1. The zero-order valence-corrected chi connectivity index (χ0v) is 13.0. The van der Waals surface area contributed by atoms with Gasteiger partial charge < -0.3 is 16.9 Å². The molecule has 0 aromatic heterocycles. The standard InChI is InChI=1S/C13H19N2O.Y/c1-12(16)11-14-7-9-15(10-8-14)13-5-3-2-4-6-13;/h2-6,12,16H,1,7-11H2;/q-1;+3. The van der Waals surface area contributed by atoms with Crippen molar-refractivity contribution in [1.29, 1.82) is 0 Å². The maximum atomic E-state index is 9.22. The van der Waals surface area contributed by atoms with Gasteiger partial charge in [0, 0.05) is 31.9 Å². The average molecular weight is 308 g/mol. The number of benzene rings is 1. The van der Waals surface area contributed by atoms with Crippen molar-refractivity contribution in [3.8, 4) is 0 Å². The Morgan fingerprint density at radius 2 is 1.71 bits per heavy atom. The summed E-state index contributed by atoms with van der Waals surface area (Å²) in [6.45, 7) is 8.35. The molecule has 4 heteroatoms. The predicted molar refractivity (Wildman–Crippen MR) is 66.5 cm³/mol. The Kier molecular flexibility index (Phi) is 6.64. The minimum atomic E-state index is -0.469. The van der Waals surface area contributed by atoms with Crippen molar-refractivity contribution in [2.75, 3.05) is 37.6 Å². The van der Waals surface area contributed by atoms with Gasteiger partial charge in [-0.2, -0.15) is 0 Å². The number of aliphatic hydroxyl groups excluding tert-OH is 1. The summed E-state index contributed by atoms with van der Waals surface area (Å²) in [5, 5.41) is 9.22. The van der Waals surface area contributed by atoms with Crippen LogP contribution >= 0.6 is 0 Å². The van der Waals surface area contributed by atoms with Crippen molar-refractivity contribution < 1.29 is 37.8 Å². The van der Waals surface area contributed by atoms with E-state index in [0.717, 1.165) is 26.2 Å². The monoisotopic (exact) mass is 308 g/mol. The summed E-state index contributed by atoms with van der Waals surface area (Å²) in [6.07, 6.45) is -0.469. The maximum absolute atomic E-state index is 9.22. The molecule has 1 aliphatic rings. The number of hydrogen-bond acceptors (Lipinski definition) is 3. The molecule has 0 saturated carbocycles. The van der Waals surface area contributed by atoms with E-state index in [0.29, 0.717) is 6.54 Å². The van der Waals surface area contributed by atoms with Crippen LogP contribution in [0.2, 0.25) is 0 Å². The number of rotatable bonds is 3. The molecule has 2 rings (SSSR count). The van der Waals surface area contributed by atoms with Crippen molar-refractivity contribution >= 4 is 5.69 Å². The predicted octanol–water partition coefficient (Wildman–Crippen LogP) is 1.00. The first-order valence-corrected chi connectivity index (χ1v) is 5.79. The smallest absolute Gasteiger partial charge is 0.424 e. The SMILES string of the molecule is [CH2-]C(O)CN1CCN(c2ccccc2)CC1.[Y+3]. The molecular weight excluding hydrogens is 289 g/mol. The van der Waals surface area contributed by atoms with E-state index in [1.807, 2.05) is 6.07 Å². The fourth-order valence-electron chi connectivity index (χ4n) is 2.13. The normalized spacial score (nSPS) is 18.6. The average Bonchev–Trinajstić information content (AvgIpc) is 2.30. The summed E-state index contributed by atoms with van der Waals surface area (Å²) in [7, 11) is 0. The minimum Gasteiger partial charge on any atom is -0.424 e. The number of nitrogens with zero attached hydrogens (tertiary/aromatic N) is 2. The van der Waals surface area contributed by atoms with Gasteiger partial charge in [-0.25, -0.2) is 0 Å². The van der Waals surface area contributed by atoms with Gasteiger partial charge >= 0.3 is 32.7 Å². The molecule has 3 nitrogen and oxygen atoms in total. The van der Waals surface area contributed by atoms with Crippen LogP contribution in [0.25, 0.3) is 0 Å². The van der Waals surface area contributed by atoms with Crippen molar-refractivity contribution in [2.45, 2.75) is 6.10 Å². The summed E-state index contributed by atoms with van der Waals surface area (Å²) in [5.41, 5.74) is 1.29. The van der Waals surface area contributed by atoms with Gasteiger partial charge in [0.1, 0.15) is 0 Å². The van der Waals surface area contributed by atoms with Crippen molar-refractivity contribution in [1.82, 2.24) is 4.90 Å². The third kappa shape index (κ3) is 4.67. The summed E-state index contributed by atoms with van der Waals surface area (Å²) in [6, 6.07) is 10.5. The third-order valence-corrected chi connectivity index (χ3v) is 2.96. The molecule has 1 fully saturated rings. The number of hydrogen-bond donors (Lipinski definition) is 1. The van der Waals surface area contributed by atoms with Crippen LogP contribution in [0.3, 0.4) is 0 Å². The Bertz CT molecular complexity index is 310. The second-order valence-electron chi connectivity index (χ2n) is 4.28. The molecule has 1 aromatic carbocycles. The van der Waals surface area contributed by atoms with Crippen LogP contribution < -0.4 is 4.90 Å². The van der Waals surface area contributed by atoms with E-state index in [2.05, 4.69) is 41.0 Å². The molecule has 1 unspecified atom stereocenters. The molecule has 0 aliphatic carbocycles. The van der Waals surface area contributed by atoms with Crippen molar-refractivity contribution in [3.63, 3.8) is 0 Å². The van der Waals surface area contributed by atoms with Gasteiger partial charge in [0.15, 0.2) is 0 Å². The van der Waals surface area contributed by atoms with E-state index in [4.69, 9.17) is 0 Å². The molecule has 1 heterocycles. The van der Waals surface area contributed by atoms with Gasteiger partial charge in [-0.15, -0.1) is 0 Å². The van der Waals surface area contributed by atoms with Crippen LogP contribution in [-0.2, 0) is 32.7 Å². The maximum Gasteiger partial charge on any atom is 3.00 e. The first-order chi connectivity index (χ1) is 7.75. The van der Waals surface area contributed by atoms with E-state index < -0.39 is 6.10 Å². The first kappa shape index (κ1) is 15.1. The number of para-hydroxylation sites is 1. The van der Waals surface area contributed by atoms with E-state index in [-0.39, 0.29) is 32.7 Å². The van der Waals surface area contributed by atoms with Gasteiger partial charge in [-0.1, -0.05) is 24.3 Å². The molecule has 0 radical (unpaired) electrons. The van der Waals surface area contributed by atoms with Gasteiger partial charge in [0.05, 0.1) is 0 Å². The minimum absolute atomic E-state index is 0. The molecule has 1 aromatic rings. The third-order valence-electron chi connectivity index (χ3n) is 2.96. The van der Waals surface area contributed by atoms with E-state index in [1.54, 1.807) is 0 Å². The number of anilines is 1. The quantitative estimate of drug-likeness (QED) is 0.844. The zero-order chi connectivity index (χ0) is 11.4. The van der Waals surface area contributed by atoms with Gasteiger partial charge in [0.2, 0.25) is 0 Å². The van der Waals surface area contributed by atoms with E-state index in [1.165, 1.54) is 5.69 Å². The Labute approximate surface area is 129 Å². The van der Waals surface area contributed by atoms with Crippen LogP contribution in [0.1, 0.15) is 0 Å². The molecule has 0 amide bonds. The van der Waals surface area contributed by atoms with Crippen LogP contribution in [0.15, 0.2) is 30.3 Å². The van der Waals surface area contributed by atoms with E-state index in [9.17, 15) is 5.11 Å². The molecule has 1 aliphatic heterocycles. The van der Waals surface area contributed by atoms with Gasteiger partial charge in [-0.05, 0) is 18.7 Å². The molecule has 1 N–H and O–H groups in total.